The molecule has 0 aliphatic heterocycles. The smallest absolute Gasteiger partial charge is 0.335 e. The molecule has 2 atom stereocenters. The van der Waals surface area contributed by atoms with Crippen molar-refractivity contribution in [3.63, 3.8) is 0 Å². The summed E-state index contributed by atoms with van der Waals surface area (Å²) in [5, 5.41) is 8.89. The van der Waals surface area contributed by atoms with Crippen LogP contribution in [0.2, 0.25) is 0 Å². The second-order valence-corrected chi connectivity index (χ2v) is 7.76. The molecule has 0 bridgehead atoms. The third-order valence-electron chi connectivity index (χ3n) is 3.28. The van der Waals surface area contributed by atoms with Crippen LogP contribution in [0.15, 0.2) is 27.6 Å². The highest BCUT2D eigenvalue weighted by molar-refractivity contribution is 9.10. The van der Waals surface area contributed by atoms with Crippen LogP contribution in [-0.2, 0) is 10.0 Å². The summed E-state index contributed by atoms with van der Waals surface area (Å²) < 4.78 is 27.5. The van der Waals surface area contributed by atoms with E-state index in [1.54, 1.807) is 0 Å². The summed E-state index contributed by atoms with van der Waals surface area (Å²) >= 11 is 3.12. The van der Waals surface area contributed by atoms with Crippen LogP contribution >= 0.6 is 15.9 Å². The van der Waals surface area contributed by atoms with Gasteiger partial charge in [0, 0.05) is 10.5 Å². The molecule has 0 aliphatic carbocycles. The van der Waals surface area contributed by atoms with E-state index in [0.29, 0.717) is 5.92 Å². The van der Waals surface area contributed by atoms with Crippen molar-refractivity contribution in [3.05, 3.63) is 28.2 Å². The maximum Gasteiger partial charge on any atom is 0.335 e. The lowest BCUT2D eigenvalue weighted by Gasteiger charge is -2.18. The van der Waals surface area contributed by atoms with Crippen LogP contribution in [0.1, 0.15) is 44.0 Å². The van der Waals surface area contributed by atoms with Crippen molar-refractivity contribution in [1.82, 2.24) is 4.72 Å². The molecule has 0 heterocycles. The van der Waals surface area contributed by atoms with E-state index >= 15 is 0 Å². The van der Waals surface area contributed by atoms with E-state index in [-0.39, 0.29) is 21.0 Å². The number of carbonyl (C=O) groups is 1. The van der Waals surface area contributed by atoms with Gasteiger partial charge < -0.3 is 5.11 Å². The number of hydrogen-bond donors (Lipinski definition) is 2. The van der Waals surface area contributed by atoms with Gasteiger partial charge in [0.15, 0.2) is 0 Å². The molecule has 5 nitrogen and oxygen atoms in total. The summed E-state index contributed by atoms with van der Waals surface area (Å²) in [7, 11) is -3.68. The zero-order valence-electron chi connectivity index (χ0n) is 12.3. The second-order valence-electron chi connectivity index (χ2n) is 5.22. The van der Waals surface area contributed by atoms with E-state index in [4.69, 9.17) is 5.11 Å². The predicted octanol–water partition coefficient (Wildman–Crippen LogP) is 3.25. The largest absolute Gasteiger partial charge is 0.478 e. The van der Waals surface area contributed by atoms with Gasteiger partial charge in [-0.1, -0.05) is 20.3 Å². The first-order valence-corrected chi connectivity index (χ1v) is 9.00. The van der Waals surface area contributed by atoms with Crippen LogP contribution in [0, 0.1) is 5.92 Å². The number of aromatic carboxylic acids is 1. The molecule has 21 heavy (non-hydrogen) atoms. The Morgan fingerprint density at radius 1 is 1.38 bits per heavy atom. The Hall–Kier alpha value is -0.920. The minimum atomic E-state index is -3.68. The third kappa shape index (κ3) is 5.09. The van der Waals surface area contributed by atoms with E-state index < -0.39 is 16.0 Å². The highest BCUT2D eigenvalue weighted by Crippen LogP contribution is 2.24. The Kier molecular flexibility index (Phi) is 6.37. The molecule has 0 radical (unpaired) electrons. The quantitative estimate of drug-likeness (QED) is 0.763. The molecule has 1 aromatic rings. The highest BCUT2D eigenvalue weighted by Gasteiger charge is 2.21. The van der Waals surface area contributed by atoms with Gasteiger partial charge in [-0.25, -0.2) is 17.9 Å². The summed E-state index contributed by atoms with van der Waals surface area (Å²) in [4.78, 5) is 10.9. The van der Waals surface area contributed by atoms with Crippen molar-refractivity contribution in [2.45, 2.75) is 44.6 Å². The van der Waals surface area contributed by atoms with Gasteiger partial charge in [0.2, 0.25) is 10.0 Å². The van der Waals surface area contributed by atoms with Crippen molar-refractivity contribution in [1.29, 1.82) is 0 Å². The van der Waals surface area contributed by atoms with Gasteiger partial charge in [0.05, 0.1) is 10.5 Å². The molecule has 0 fully saturated rings. The van der Waals surface area contributed by atoms with Crippen LogP contribution in [-0.4, -0.2) is 25.5 Å². The first-order chi connectivity index (χ1) is 9.67. The summed E-state index contributed by atoms with van der Waals surface area (Å²) in [6.45, 7) is 5.96. The number of benzene rings is 1. The molecule has 0 saturated heterocycles. The molecule has 0 aromatic heterocycles. The maximum atomic E-state index is 12.3. The summed E-state index contributed by atoms with van der Waals surface area (Å²) in [6, 6.07) is 3.68. The maximum absolute atomic E-state index is 12.3. The molecule has 1 rings (SSSR count). The van der Waals surface area contributed by atoms with Crippen molar-refractivity contribution in [3.8, 4) is 0 Å². The number of hydrogen-bond acceptors (Lipinski definition) is 3. The molecule has 7 heteroatoms. The van der Waals surface area contributed by atoms with E-state index in [2.05, 4.69) is 34.5 Å². The number of carboxylic acid groups (broad SMARTS) is 1. The Morgan fingerprint density at radius 3 is 2.48 bits per heavy atom. The fraction of sp³-hybridized carbons (Fsp3) is 0.500. The predicted molar refractivity (Wildman–Crippen MR) is 85.0 cm³/mol. The zero-order chi connectivity index (χ0) is 16.2. The van der Waals surface area contributed by atoms with Gasteiger partial charge in [-0.15, -0.1) is 0 Å². The first kappa shape index (κ1) is 18.1. The minimum absolute atomic E-state index is 0.0356. The normalized spacial score (nSPS) is 14.7. The first-order valence-electron chi connectivity index (χ1n) is 6.72. The highest BCUT2D eigenvalue weighted by atomic mass is 79.9. The average molecular weight is 378 g/mol. The molecular weight excluding hydrogens is 358 g/mol. The number of carboxylic acids is 1. The van der Waals surface area contributed by atoms with Crippen LogP contribution in [0.25, 0.3) is 0 Å². The SMILES string of the molecule is CCC(C)CC(C)NS(=O)(=O)c1ccc(C(=O)O)cc1Br. The second kappa shape index (κ2) is 7.38. The molecule has 118 valence electrons. The van der Waals surface area contributed by atoms with E-state index in [1.807, 2.05) is 6.92 Å². The van der Waals surface area contributed by atoms with E-state index in [1.165, 1.54) is 18.2 Å². The molecule has 2 N–H and O–H groups in total. The van der Waals surface area contributed by atoms with Gasteiger partial charge in [-0.05, 0) is 53.4 Å². The van der Waals surface area contributed by atoms with Crippen molar-refractivity contribution >= 4 is 31.9 Å². The van der Waals surface area contributed by atoms with E-state index in [0.717, 1.165) is 12.8 Å². The molecule has 0 saturated carbocycles. The Labute approximate surface area is 133 Å². The topological polar surface area (TPSA) is 83.5 Å². The van der Waals surface area contributed by atoms with Crippen LogP contribution in [0.5, 0.6) is 0 Å². The molecule has 0 spiro atoms. The fourth-order valence-electron chi connectivity index (χ4n) is 2.00. The Balaban J connectivity index is 2.95. The number of sulfonamides is 1. The summed E-state index contributed by atoms with van der Waals surface area (Å²) in [5.74, 6) is -0.668. The van der Waals surface area contributed by atoms with Gasteiger partial charge in [0.1, 0.15) is 0 Å². The van der Waals surface area contributed by atoms with Crippen molar-refractivity contribution < 1.29 is 18.3 Å². The van der Waals surface area contributed by atoms with Gasteiger partial charge in [0.25, 0.3) is 0 Å². The Bertz CT molecular complexity index is 615. The van der Waals surface area contributed by atoms with E-state index in [9.17, 15) is 13.2 Å². The summed E-state index contributed by atoms with van der Waals surface area (Å²) in [6.07, 6.45) is 1.74. The van der Waals surface area contributed by atoms with Gasteiger partial charge >= 0.3 is 5.97 Å². The van der Waals surface area contributed by atoms with Gasteiger partial charge in [-0.3, -0.25) is 0 Å². The lowest BCUT2D eigenvalue weighted by Crippen LogP contribution is -2.34. The van der Waals surface area contributed by atoms with Crippen LogP contribution in [0.3, 0.4) is 0 Å². The Morgan fingerprint density at radius 2 is 2.00 bits per heavy atom. The lowest BCUT2D eigenvalue weighted by atomic mass is 10.0. The lowest BCUT2D eigenvalue weighted by molar-refractivity contribution is 0.0696. The molecule has 2 unspecified atom stereocenters. The molecule has 1 aromatic carbocycles. The molecule has 0 aliphatic rings. The van der Waals surface area contributed by atoms with Crippen LogP contribution in [0.4, 0.5) is 0 Å². The molecular formula is C14H20BrNO4S. The number of halogens is 1. The third-order valence-corrected chi connectivity index (χ3v) is 5.84. The number of nitrogens with one attached hydrogen (secondary N) is 1. The average Bonchev–Trinajstić information content (AvgIpc) is 2.36. The van der Waals surface area contributed by atoms with Gasteiger partial charge in [-0.2, -0.15) is 0 Å². The monoisotopic (exact) mass is 377 g/mol. The standard InChI is InChI=1S/C14H20BrNO4S/c1-4-9(2)7-10(3)16-21(19,20)13-6-5-11(14(17)18)8-12(13)15/h5-6,8-10,16H,4,7H2,1-3H3,(H,17,18). The summed E-state index contributed by atoms with van der Waals surface area (Å²) in [5.41, 5.74) is 0.0356. The number of rotatable bonds is 7. The van der Waals surface area contributed by atoms with Crippen LogP contribution < -0.4 is 4.72 Å². The molecule has 0 amide bonds. The van der Waals surface area contributed by atoms with Crippen molar-refractivity contribution in [2.24, 2.45) is 5.92 Å². The zero-order valence-corrected chi connectivity index (χ0v) is 14.7. The fourth-order valence-corrected chi connectivity index (χ4v) is 4.33. The van der Waals surface area contributed by atoms with Crippen molar-refractivity contribution in [2.75, 3.05) is 0 Å². The minimum Gasteiger partial charge on any atom is -0.478 e.